The number of benzene rings is 1. The van der Waals surface area contributed by atoms with E-state index < -0.39 is 35.9 Å². The third-order valence-corrected chi connectivity index (χ3v) is 2.91. The molecule has 1 atom stereocenters. The Bertz CT molecular complexity index is 448. The summed E-state index contributed by atoms with van der Waals surface area (Å²) in [7, 11) is 0. The maximum absolute atomic E-state index is 12.8. The summed E-state index contributed by atoms with van der Waals surface area (Å²) < 4.78 is 76.6. The fourth-order valence-electron chi connectivity index (χ4n) is 2.16. The fraction of sp³-hybridized carbons (Fsp3) is 0.455. The van der Waals surface area contributed by atoms with Crippen molar-refractivity contribution in [2.45, 2.75) is 24.8 Å². The minimum Gasteiger partial charge on any atom is -0.312 e. The predicted octanol–water partition coefficient (Wildman–Crippen LogP) is 3.45. The van der Waals surface area contributed by atoms with E-state index >= 15 is 0 Å². The van der Waals surface area contributed by atoms with E-state index in [-0.39, 0.29) is 12.1 Å². The van der Waals surface area contributed by atoms with Crippen LogP contribution in [0.3, 0.4) is 0 Å². The fourth-order valence-corrected chi connectivity index (χ4v) is 2.16. The molecule has 0 aliphatic carbocycles. The lowest BCUT2D eigenvalue weighted by Gasteiger charge is -2.30. The molecule has 1 aliphatic heterocycles. The second kappa shape index (κ2) is 4.15. The van der Waals surface area contributed by atoms with Gasteiger partial charge in [0.25, 0.3) is 0 Å². The molecule has 1 N–H and O–H groups in total. The number of rotatable bonds is 0. The van der Waals surface area contributed by atoms with Crippen LogP contribution in [0.25, 0.3) is 0 Å². The molecule has 0 bridgehead atoms. The van der Waals surface area contributed by atoms with E-state index in [1.165, 1.54) is 6.07 Å². The Balaban J connectivity index is 2.61. The van der Waals surface area contributed by atoms with Gasteiger partial charge in [-0.05, 0) is 17.2 Å². The second-order valence-corrected chi connectivity index (χ2v) is 4.10. The average Bonchev–Trinajstić information content (AvgIpc) is 2.24. The van der Waals surface area contributed by atoms with Crippen molar-refractivity contribution in [2.24, 2.45) is 0 Å². The third-order valence-electron chi connectivity index (χ3n) is 2.91. The van der Waals surface area contributed by atoms with E-state index in [9.17, 15) is 26.3 Å². The molecule has 1 aromatic rings. The molecule has 2 rings (SSSR count). The van der Waals surface area contributed by atoms with Gasteiger partial charge in [0.1, 0.15) is 0 Å². The third kappa shape index (κ3) is 2.31. The zero-order valence-corrected chi connectivity index (χ0v) is 8.99. The smallest absolute Gasteiger partial charge is 0.312 e. The quantitative estimate of drug-likeness (QED) is 0.711. The Morgan fingerprint density at radius 1 is 1.06 bits per heavy atom. The lowest BCUT2D eigenvalue weighted by atomic mass is 9.86. The molecule has 0 amide bonds. The molecule has 18 heavy (non-hydrogen) atoms. The molecule has 1 heterocycles. The van der Waals surface area contributed by atoms with Gasteiger partial charge in [-0.3, -0.25) is 0 Å². The number of hydrogen-bond acceptors (Lipinski definition) is 1. The van der Waals surface area contributed by atoms with E-state index in [0.29, 0.717) is 6.07 Å². The van der Waals surface area contributed by atoms with Gasteiger partial charge >= 0.3 is 12.4 Å². The SMILES string of the molecule is FC(F)(F)c1cccc2c1C(C(F)(F)F)CNC2. The van der Waals surface area contributed by atoms with Crippen LogP contribution >= 0.6 is 0 Å². The summed E-state index contributed by atoms with van der Waals surface area (Å²) in [5, 5.41) is 2.49. The summed E-state index contributed by atoms with van der Waals surface area (Å²) in [6, 6.07) is 3.11. The molecule has 1 unspecified atom stereocenters. The van der Waals surface area contributed by atoms with E-state index in [2.05, 4.69) is 5.32 Å². The van der Waals surface area contributed by atoms with Crippen LogP contribution < -0.4 is 5.32 Å². The standard InChI is InChI=1S/C11H9F6N/c12-10(13,14)7-3-1-2-6-4-18-5-8(9(6)7)11(15,16)17/h1-3,8,18H,4-5H2. The van der Waals surface area contributed by atoms with Gasteiger partial charge in [0, 0.05) is 13.1 Å². The van der Waals surface area contributed by atoms with E-state index in [1.54, 1.807) is 0 Å². The van der Waals surface area contributed by atoms with Crippen molar-refractivity contribution < 1.29 is 26.3 Å². The monoisotopic (exact) mass is 269 g/mol. The average molecular weight is 269 g/mol. The topological polar surface area (TPSA) is 12.0 Å². The highest BCUT2D eigenvalue weighted by molar-refractivity contribution is 5.42. The summed E-state index contributed by atoms with van der Waals surface area (Å²) in [4.78, 5) is 0. The zero-order valence-electron chi connectivity index (χ0n) is 8.99. The normalized spacial score (nSPS) is 20.7. The Kier molecular flexibility index (Phi) is 3.04. The number of alkyl halides is 6. The lowest BCUT2D eigenvalue weighted by Crippen LogP contribution is -2.38. The molecule has 0 saturated heterocycles. The Hall–Kier alpha value is -1.24. The molecule has 100 valence electrons. The zero-order chi connectivity index (χ0) is 13.6. The van der Waals surface area contributed by atoms with Crippen molar-refractivity contribution in [1.29, 1.82) is 0 Å². The lowest BCUT2D eigenvalue weighted by molar-refractivity contribution is -0.157. The molecule has 0 saturated carbocycles. The molecule has 1 nitrogen and oxygen atoms in total. The summed E-state index contributed by atoms with van der Waals surface area (Å²) in [5.41, 5.74) is -1.78. The maximum Gasteiger partial charge on any atom is 0.416 e. The minimum atomic E-state index is -4.77. The molecule has 1 aliphatic rings. The van der Waals surface area contributed by atoms with E-state index in [0.717, 1.165) is 6.07 Å². The van der Waals surface area contributed by atoms with Gasteiger partial charge in [-0.1, -0.05) is 12.1 Å². The summed E-state index contributed by atoms with van der Waals surface area (Å²) >= 11 is 0. The van der Waals surface area contributed by atoms with Gasteiger partial charge in [0.15, 0.2) is 0 Å². The number of fused-ring (bicyclic) bond motifs is 1. The molecular weight excluding hydrogens is 260 g/mol. The highest BCUT2D eigenvalue weighted by Gasteiger charge is 2.47. The van der Waals surface area contributed by atoms with Gasteiger partial charge < -0.3 is 5.32 Å². The number of halogens is 6. The Labute approximate surface area is 98.8 Å². The second-order valence-electron chi connectivity index (χ2n) is 4.10. The predicted molar refractivity (Wildman–Crippen MR) is 51.9 cm³/mol. The molecule has 0 radical (unpaired) electrons. The molecule has 0 fully saturated rings. The van der Waals surface area contributed by atoms with E-state index in [4.69, 9.17) is 0 Å². The van der Waals surface area contributed by atoms with Crippen LogP contribution in [0.2, 0.25) is 0 Å². The molecule has 0 spiro atoms. The minimum absolute atomic E-state index is 0.0197. The first-order valence-corrected chi connectivity index (χ1v) is 5.17. The Morgan fingerprint density at radius 3 is 2.28 bits per heavy atom. The van der Waals surface area contributed by atoms with Crippen LogP contribution in [0.1, 0.15) is 22.6 Å². The molecule has 1 aromatic carbocycles. The highest BCUT2D eigenvalue weighted by Crippen LogP contribution is 2.44. The van der Waals surface area contributed by atoms with Crippen molar-refractivity contribution in [3.63, 3.8) is 0 Å². The van der Waals surface area contributed by atoms with Crippen LogP contribution in [-0.4, -0.2) is 12.7 Å². The van der Waals surface area contributed by atoms with Crippen LogP contribution in [-0.2, 0) is 12.7 Å². The molecule has 7 heteroatoms. The first-order valence-electron chi connectivity index (χ1n) is 5.17. The van der Waals surface area contributed by atoms with Crippen LogP contribution in [0.5, 0.6) is 0 Å². The van der Waals surface area contributed by atoms with Crippen molar-refractivity contribution in [3.05, 3.63) is 34.9 Å². The number of nitrogens with one attached hydrogen (secondary N) is 1. The first kappa shape index (κ1) is 13.2. The van der Waals surface area contributed by atoms with Crippen molar-refractivity contribution in [2.75, 3.05) is 6.54 Å². The van der Waals surface area contributed by atoms with Crippen molar-refractivity contribution >= 4 is 0 Å². The van der Waals surface area contributed by atoms with Gasteiger partial charge in [-0.25, -0.2) is 0 Å². The molecular formula is C11H9F6N. The first-order chi connectivity index (χ1) is 8.21. The van der Waals surface area contributed by atoms with Crippen LogP contribution in [0.4, 0.5) is 26.3 Å². The van der Waals surface area contributed by atoms with Crippen LogP contribution in [0.15, 0.2) is 18.2 Å². The summed E-state index contributed by atoms with van der Waals surface area (Å²) in [6.07, 6.45) is -9.46. The number of hydrogen-bond donors (Lipinski definition) is 1. The summed E-state index contributed by atoms with van der Waals surface area (Å²) in [5.74, 6) is -2.11. The van der Waals surface area contributed by atoms with Crippen molar-refractivity contribution in [3.8, 4) is 0 Å². The van der Waals surface area contributed by atoms with Gasteiger partial charge in [0.2, 0.25) is 0 Å². The Morgan fingerprint density at radius 2 is 1.72 bits per heavy atom. The van der Waals surface area contributed by atoms with Crippen molar-refractivity contribution in [1.82, 2.24) is 5.32 Å². The van der Waals surface area contributed by atoms with Gasteiger partial charge in [-0.2, -0.15) is 26.3 Å². The largest absolute Gasteiger partial charge is 0.416 e. The highest BCUT2D eigenvalue weighted by atomic mass is 19.4. The van der Waals surface area contributed by atoms with E-state index in [1.807, 2.05) is 0 Å². The van der Waals surface area contributed by atoms with Crippen LogP contribution in [0, 0.1) is 0 Å². The van der Waals surface area contributed by atoms with Gasteiger partial charge in [0.05, 0.1) is 11.5 Å². The summed E-state index contributed by atoms with van der Waals surface area (Å²) in [6.45, 7) is -0.505. The maximum atomic E-state index is 12.8. The van der Waals surface area contributed by atoms with Gasteiger partial charge in [-0.15, -0.1) is 0 Å². The molecule has 0 aromatic heterocycles.